The fraction of sp³-hybridized carbons (Fsp3) is 0.581. The van der Waals surface area contributed by atoms with E-state index < -0.39 is 96.8 Å². The van der Waals surface area contributed by atoms with Crippen molar-refractivity contribution in [3.8, 4) is 0 Å². The summed E-state index contributed by atoms with van der Waals surface area (Å²) in [5.74, 6) is -12.3. The summed E-state index contributed by atoms with van der Waals surface area (Å²) in [6.45, 7) is 2.21. The normalized spacial score (nSPS) is 14.9. The molecule has 1 aliphatic rings. The Kier molecular flexibility index (Phi) is 23.0. The Labute approximate surface area is 319 Å². The number of halogens is 12. The summed E-state index contributed by atoms with van der Waals surface area (Å²) in [6, 6.07) is 4.42. The molecule has 58 heavy (non-hydrogen) atoms. The van der Waals surface area contributed by atoms with E-state index in [1.54, 1.807) is 30.3 Å². The number of unbranched alkanes of at least 4 members (excludes halogenated alkanes) is 1. The Morgan fingerprint density at radius 3 is 1.45 bits per heavy atom. The first-order chi connectivity index (χ1) is 26.2. The molecule has 0 saturated carbocycles. The van der Waals surface area contributed by atoms with E-state index in [9.17, 15) is 71.9 Å². The number of nitrogens with one attached hydrogen (secondary N) is 2. The first-order valence-corrected chi connectivity index (χ1v) is 16.1. The van der Waals surface area contributed by atoms with Crippen LogP contribution in [0.15, 0.2) is 30.3 Å². The van der Waals surface area contributed by atoms with Crippen molar-refractivity contribution in [2.45, 2.75) is 94.7 Å². The number of aliphatic carboxylic acids is 4. The van der Waals surface area contributed by atoms with Crippen LogP contribution in [0.3, 0.4) is 0 Å². The molecule has 1 fully saturated rings. The lowest BCUT2D eigenvalue weighted by molar-refractivity contribution is -0.193. The Bertz CT molecular complexity index is 1440. The molecule has 1 saturated heterocycles. The van der Waals surface area contributed by atoms with Crippen LogP contribution in [0.25, 0.3) is 0 Å². The zero-order chi connectivity index (χ0) is 45.8. The van der Waals surface area contributed by atoms with Gasteiger partial charge in [-0.05, 0) is 31.2 Å². The van der Waals surface area contributed by atoms with E-state index in [2.05, 4.69) is 10.6 Å². The molecule has 3 amide bonds. The number of piperidine rings is 1. The third-order valence-electron chi connectivity index (χ3n) is 7.05. The van der Waals surface area contributed by atoms with Crippen LogP contribution in [-0.4, -0.2) is 123 Å². The number of benzene rings is 1. The van der Waals surface area contributed by atoms with E-state index in [4.69, 9.17) is 40.5 Å². The van der Waals surface area contributed by atoms with Crippen LogP contribution in [0.1, 0.15) is 51.0 Å². The molecule has 0 spiro atoms. The van der Waals surface area contributed by atoms with E-state index in [0.717, 1.165) is 0 Å². The lowest BCUT2D eigenvalue weighted by Crippen LogP contribution is -2.57. The third kappa shape index (κ3) is 24.3. The van der Waals surface area contributed by atoms with Crippen LogP contribution < -0.4 is 16.4 Å². The van der Waals surface area contributed by atoms with Crippen molar-refractivity contribution in [2.24, 2.45) is 11.7 Å². The zero-order valence-electron chi connectivity index (χ0n) is 29.8. The van der Waals surface area contributed by atoms with Crippen LogP contribution >= 0.6 is 0 Å². The number of hydrogen-bond acceptors (Lipinski definition) is 8. The van der Waals surface area contributed by atoms with Gasteiger partial charge in [-0.15, -0.1) is 0 Å². The second kappa shape index (κ2) is 24.4. The molecule has 3 atom stereocenters. The largest absolute Gasteiger partial charge is 0.490 e. The van der Waals surface area contributed by atoms with Crippen molar-refractivity contribution >= 4 is 41.6 Å². The Hall–Kier alpha value is -5.37. The van der Waals surface area contributed by atoms with Gasteiger partial charge < -0.3 is 41.7 Å². The maximum atomic E-state index is 13.3. The fourth-order valence-electron chi connectivity index (χ4n) is 4.19. The van der Waals surface area contributed by atoms with Crippen molar-refractivity contribution < 1.29 is 107 Å². The minimum atomic E-state index is -5.08. The minimum absolute atomic E-state index is 0.0664. The van der Waals surface area contributed by atoms with E-state index in [0.29, 0.717) is 18.4 Å². The molecule has 0 aromatic heterocycles. The standard InChI is InChI=1S/C25H35F3N4O5.3C2HF3O2/c1-2-3-9-19(23(35)32-12-10-17(11-13-32)24(36)37)30-22(34)20(15-25(26,27)28)31-21(33)18(29)14-16-7-5-4-6-8-16;3*3-2(4,5)1(6)7/h4-8,17-20H,2-3,9-15,29H2,1H3,(H,30,34)(H,31,33)(H,36,37);3*(H,6,7)/t18-,19?,20-;;;/m1.../s1. The van der Waals surface area contributed by atoms with Crippen LogP contribution in [0.2, 0.25) is 0 Å². The third-order valence-corrected chi connectivity index (χ3v) is 7.05. The zero-order valence-corrected chi connectivity index (χ0v) is 29.8. The van der Waals surface area contributed by atoms with Gasteiger partial charge in [0.25, 0.3) is 0 Å². The van der Waals surface area contributed by atoms with Gasteiger partial charge in [0.1, 0.15) is 12.1 Å². The van der Waals surface area contributed by atoms with Crippen molar-refractivity contribution in [1.29, 1.82) is 0 Å². The first kappa shape index (κ1) is 54.7. The number of alkyl halides is 12. The quantitative estimate of drug-likeness (QED) is 0.148. The summed E-state index contributed by atoms with van der Waals surface area (Å²) in [5, 5.41) is 35.0. The number of carbonyl (C=O) groups is 7. The molecule has 2 rings (SSSR count). The molecule has 27 heteroatoms. The number of carboxylic acid groups (broad SMARTS) is 4. The average Bonchev–Trinajstić information content (AvgIpc) is 3.08. The van der Waals surface area contributed by atoms with Gasteiger partial charge in [-0.25, -0.2) is 14.4 Å². The van der Waals surface area contributed by atoms with E-state index >= 15 is 0 Å². The van der Waals surface area contributed by atoms with Gasteiger partial charge in [-0.3, -0.25) is 19.2 Å². The van der Waals surface area contributed by atoms with Crippen molar-refractivity contribution in [1.82, 2.24) is 15.5 Å². The van der Waals surface area contributed by atoms with Gasteiger partial charge in [0, 0.05) is 13.1 Å². The number of carboxylic acids is 4. The smallest absolute Gasteiger partial charge is 0.481 e. The highest BCUT2D eigenvalue weighted by molar-refractivity contribution is 5.93. The molecule has 1 heterocycles. The molecule has 1 aromatic carbocycles. The monoisotopic (exact) mass is 870 g/mol. The average molecular weight is 871 g/mol. The summed E-state index contributed by atoms with van der Waals surface area (Å²) in [6.07, 6.45) is -19.7. The molecule has 15 nitrogen and oxygen atoms in total. The summed E-state index contributed by atoms with van der Waals surface area (Å²) in [5.41, 5.74) is 6.59. The summed E-state index contributed by atoms with van der Waals surface area (Å²) < 4.78 is 135. The molecule has 8 N–H and O–H groups in total. The fourth-order valence-corrected chi connectivity index (χ4v) is 4.19. The Morgan fingerprint density at radius 2 is 1.10 bits per heavy atom. The molecule has 1 aliphatic heterocycles. The van der Waals surface area contributed by atoms with Crippen molar-refractivity contribution in [3.63, 3.8) is 0 Å². The SMILES string of the molecule is CCCCC(NC(=O)[C@@H](CC(F)(F)F)NC(=O)[C@H](N)Cc1ccccc1)C(=O)N1CCC(C(=O)O)CC1.O=C(O)C(F)(F)F.O=C(O)C(F)(F)F.O=C(O)C(F)(F)F. The van der Waals surface area contributed by atoms with Crippen LogP contribution in [0, 0.1) is 5.92 Å². The highest BCUT2D eigenvalue weighted by Crippen LogP contribution is 2.23. The van der Waals surface area contributed by atoms with Gasteiger partial charge in [-0.2, -0.15) is 52.7 Å². The molecular weight excluding hydrogens is 832 g/mol. The van der Waals surface area contributed by atoms with E-state index in [-0.39, 0.29) is 38.8 Å². The summed E-state index contributed by atoms with van der Waals surface area (Å²) >= 11 is 0. The van der Waals surface area contributed by atoms with Gasteiger partial charge in [0.05, 0.1) is 18.4 Å². The molecule has 0 bridgehead atoms. The lowest BCUT2D eigenvalue weighted by Gasteiger charge is -2.33. The van der Waals surface area contributed by atoms with Crippen molar-refractivity contribution in [2.75, 3.05) is 13.1 Å². The maximum absolute atomic E-state index is 13.3. The minimum Gasteiger partial charge on any atom is -0.481 e. The number of carbonyl (C=O) groups excluding carboxylic acids is 3. The Morgan fingerprint density at radius 1 is 0.707 bits per heavy atom. The summed E-state index contributed by atoms with van der Waals surface area (Å²) in [7, 11) is 0. The first-order valence-electron chi connectivity index (χ1n) is 16.1. The molecule has 1 aromatic rings. The van der Waals surface area contributed by atoms with Crippen LogP contribution in [0.5, 0.6) is 0 Å². The number of rotatable bonds is 12. The molecule has 1 unspecified atom stereocenters. The predicted octanol–water partition coefficient (Wildman–Crippen LogP) is 3.89. The Balaban J connectivity index is 0. The highest BCUT2D eigenvalue weighted by Gasteiger charge is 2.41. The topological polar surface area (TPSA) is 254 Å². The van der Waals surface area contributed by atoms with E-state index in [1.807, 2.05) is 6.92 Å². The molecule has 0 radical (unpaired) electrons. The van der Waals surface area contributed by atoms with Gasteiger partial charge in [0.2, 0.25) is 17.7 Å². The number of likely N-dealkylation sites (tertiary alicyclic amines) is 1. The van der Waals surface area contributed by atoms with Gasteiger partial charge in [-0.1, -0.05) is 50.1 Å². The highest BCUT2D eigenvalue weighted by atomic mass is 19.4. The molecular formula is C31H38F12N4O11. The van der Waals surface area contributed by atoms with Crippen molar-refractivity contribution in [3.05, 3.63) is 35.9 Å². The lowest BCUT2D eigenvalue weighted by atomic mass is 9.96. The predicted molar refractivity (Wildman–Crippen MR) is 170 cm³/mol. The van der Waals surface area contributed by atoms with E-state index in [1.165, 1.54) is 4.90 Å². The second-order valence-corrected chi connectivity index (χ2v) is 11.7. The summed E-state index contributed by atoms with van der Waals surface area (Å²) in [4.78, 5) is 77.9. The van der Waals surface area contributed by atoms with Crippen LogP contribution in [0.4, 0.5) is 52.7 Å². The maximum Gasteiger partial charge on any atom is 0.490 e. The molecule has 0 aliphatic carbocycles. The van der Waals surface area contributed by atoms with Gasteiger partial charge >= 0.3 is 48.6 Å². The molecule has 332 valence electrons. The number of amides is 3. The van der Waals surface area contributed by atoms with Gasteiger partial charge in [0.15, 0.2) is 0 Å². The second-order valence-electron chi connectivity index (χ2n) is 11.7. The van der Waals surface area contributed by atoms with Crippen LogP contribution in [-0.2, 0) is 40.0 Å². The number of hydrogen-bond donors (Lipinski definition) is 7. The number of nitrogens with zero attached hydrogens (tertiary/aromatic N) is 1. The number of nitrogens with two attached hydrogens (primary N) is 1.